The van der Waals surface area contributed by atoms with Gasteiger partial charge in [-0.3, -0.25) is 9.79 Å². The first-order chi connectivity index (χ1) is 15.4. The summed E-state index contributed by atoms with van der Waals surface area (Å²) in [5.41, 5.74) is 5.71. The molecule has 0 radical (unpaired) electrons. The standard InChI is InChI=1S/C25H23N5OS/c1-16-7-9-22(13-21(16)15-26)29-24(31)20-8-6-17(2)23(14-20)30-25(32)28-18(3)19-5-4-11-27-12-10-19/h4,6-14H,3,5H2,1-2H3,(H,29,31)(H2,28,30,32). The average molecular weight is 442 g/mol. The van der Waals surface area contributed by atoms with Crippen LogP contribution < -0.4 is 16.0 Å². The van der Waals surface area contributed by atoms with E-state index in [0.717, 1.165) is 16.7 Å². The number of anilines is 2. The highest BCUT2D eigenvalue weighted by Crippen LogP contribution is 2.20. The molecule has 160 valence electrons. The van der Waals surface area contributed by atoms with Crippen LogP contribution in [0.1, 0.15) is 33.5 Å². The fourth-order valence-corrected chi connectivity index (χ4v) is 3.24. The summed E-state index contributed by atoms with van der Waals surface area (Å²) in [5, 5.41) is 18.6. The van der Waals surface area contributed by atoms with E-state index < -0.39 is 0 Å². The molecular formula is C25H23N5OS. The molecule has 0 unspecified atom stereocenters. The van der Waals surface area contributed by atoms with Gasteiger partial charge in [-0.25, -0.2) is 0 Å². The third-order valence-corrected chi connectivity index (χ3v) is 5.11. The molecule has 1 aliphatic heterocycles. The predicted octanol–water partition coefficient (Wildman–Crippen LogP) is 5.14. The van der Waals surface area contributed by atoms with E-state index in [1.165, 1.54) is 0 Å². The van der Waals surface area contributed by atoms with Crippen molar-refractivity contribution in [2.24, 2.45) is 4.99 Å². The van der Waals surface area contributed by atoms with Crippen LogP contribution >= 0.6 is 12.2 Å². The first-order valence-electron chi connectivity index (χ1n) is 9.95. The molecule has 0 fully saturated rings. The molecule has 3 rings (SSSR count). The lowest BCUT2D eigenvalue weighted by molar-refractivity contribution is 0.102. The molecule has 0 atom stereocenters. The Hall–Kier alpha value is -4.02. The number of thiocarbonyl (C=S) groups is 1. The highest BCUT2D eigenvalue weighted by Gasteiger charge is 2.11. The fraction of sp³-hybridized carbons (Fsp3) is 0.120. The van der Waals surface area contributed by atoms with Crippen molar-refractivity contribution in [1.82, 2.24) is 5.32 Å². The second-order valence-electron chi connectivity index (χ2n) is 7.26. The fourth-order valence-electron chi connectivity index (χ4n) is 3.01. The van der Waals surface area contributed by atoms with Gasteiger partial charge < -0.3 is 16.0 Å². The minimum Gasteiger partial charge on any atom is -0.333 e. The number of nitriles is 1. The van der Waals surface area contributed by atoms with E-state index in [4.69, 9.17) is 12.2 Å². The summed E-state index contributed by atoms with van der Waals surface area (Å²) in [6.45, 7) is 7.83. The van der Waals surface area contributed by atoms with Crippen LogP contribution in [0.25, 0.3) is 0 Å². The van der Waals surface area contributed by atoms with Crippen molar-refractivity contribution in [2.75, 3.05) is 10.6 Å². The molecule has 1 amide bonds. The van der Waals surface area contributed by atoms with Gasteiger partial charge in [0.15, 0.2) is 5.11 Å². The van der Waals surface area contributed by atoms with E-state index in [9.17, 15) is 10.1 Å². The van der Waals surface area contributed by atoms with E-state index in [2.05, 4.69) is 33.6 Å². The van der Waals surface area contributed by atoms with Crippen molar-refractivity contribution in [2.45, 2.75) is 20.3 Å². The smallest absolute Gasteiger partial charge is 0.255 e. The Bertz CT molecular complexity index is 1220. The van der Waals surface area contributed by atoms with Crippen LogP contribution in [0, 0.1) is 25.2 Å². The van der Waals surface area contributed by atoms with Crippen molar-refractivity contribution in [3.8, 4) is 6.07 Å². The number of nitrogens with zero attached hydrogens (tertiary/aromatic N) is 2. The zero-order chi connectivity index (χ0) is 23.1. The number of hydrogen-bond donors (Lipinski definition) is 3. The Balaban J connectivity index is 1.69. The second-order valence-corrected chi connectivity index (χ2v) is 7.67. The Morgan fingerprint density at radius 2 is 1.94 bits per heavy atom. The van der Waals surface area contributed by atoms with Gasteiger partial charge in [-0.1, -0.05) is 24.8 Å². The average Bonchev–Trinajstić information content (AvgIpc) is 3.06. The minimum atomic E-state index is -0.279. The normalized spacial score (nSPS) is 12.2. The van der Waals surface area contributed by atoms with Crippen LogP contribution in [0.5, 0.6) is 0 Å². The predicted molar refractivity (Wildman–Crippen MR) is 134 cm³/mol. The van der Waals surface area contributed by atoms with Crippen molar-refractivity contribution in [3.63, 3.8) is 0 Å². The van der Waals surface area contributed by atoms with Crippen LogP contribution in [0.15, 0.2) is 77.6 Å². The molecule has 0 saturated carbocycles. The molecule has 0 spiro atoms. The maximum absolute atomic E-state index is 12.8. The summed E-state index contributed by atoms with van der Waals surface area (Å²) in [4.78, 5) is 16.8. The molecule has 2 aromatic carbocycles. The lowest BCUT2D eigenvalue weighted by Gasteiger charge is -2.16. The van der Waals surface area contributed by atoms with Crippen LogP contribution in [-0.2, 0) is 0 Å². The Kier molecular flexibility index (Phi) is 7.32. The molecule has 3 N–H and O–H groups in total. The maximum atomic E-state index is 12.8. The zero-order valence-corrected chi connectivity index (χ0v) is 18.7. The van der Waals surface area contributed by atoms with E-state index in [1.807, 2.05) is 32.1 Å². The Labute approximate surface area is 193 Å². The molecule has 7 heteroatoms. The van der Waals surface area contributed by atoms with Crippen LogP contribution in [0.4, 0.5) is 11.4 Å². The molecule has 1 heterocycles. The molecule has 0 saturated heterocycles. The van der Waals surface area contributed by atoms with E-state index in [-0.39, 0.29) is 5.91 Å². The molecule has 2 aromatic rings. The molecule has 32 heavy (non-hydrogen) atoms. The van der Waals surface area contributed by atoms with Gasteiger partial charge in [0, 0.05) is 35.0 Å². The number of nitrogens with one attached hydrogen (secondary N) is 3. The van der Waals surface area contributed by atoms with Crippen LogP contribution in [0.3, 0.4) is 0 Å². The molecule has 0 aliphatic carbocycles. The molecular weight excluding hydrogens is 418 g/mol. The first kappa shape index (κ1) is 22.7. The van der Waals surface area contributed by atoms with Gasteiger partial charge in [0.2, 0.25) is 0 Å². The SMILES string of the molecule is C=C(NC(=S)Nc1cc(C(=O)Nc2ccc(C)c(C#N)c2)ccc1C)C1=CC=NC=CC1. The number of carbonyl (C=O) groups excluding carboxylic acids is 1. The molecule has 1 aliphatic rings. The minimum absolute atomic E-state index is 0.279. The third kappa shape index (κ3) is 5.78. The Morgan fingerprint density at radius 3 is 2.72 bits per heavy atom. The van der Waals surface area contributed by atoms with Gasteiger partial charge >= 0.3 is 0 Å². The van der Waals surface area contributed by atoms with E-state index >= 15 is 0 Å². The summed E-state index contributed by atoms with van der Waals surface area (Å²) in [7, 11) is 0. The number of allylic oxidation sites excluding steroid dienone is 3. The van der Waals surface area contributed by atoms with Crippen molar-refractivity contribution in [3.05, 3.63) is 94.9 Å². The summed E-state index contributed by atoms with van der Waals surface area (Å²) in [5.74, 6) is -0.279. The lowest BCUT2D eigenvalue weighted by Crippen LogP contribution is -2.28. The number of hydrogen-bond acceptors (Lipinski definition) is 4. The second kappa shape index (κ2) is 10.3. The number of rotatable bonds is 5. The number of carbonyl (C=O) groups is 1. The monoisotopic (exact) mass is 441 g/mol. The Morgan fingerprint density at radius 1 is 1.16 bits per heavy atom. The van der Waals surface area contributed by atoms with Crippen molar-refractivity contribution in [1.29, 1.82) is 5.26 Å². The lowest BCUT2D eigenvalue weighted by atomic mass is 10.1. The van der Waals surface area contributed by atoms with Gasteiger partial charge in [0.25, 0.3) is 5.91 Å². The summed E-state index contributed by atoms with van der Waals surface area (Å²) in [6.07, 6.45) is 7.98. The van der Waals surface area contributed by atoms with E-state index in [0.29, 0.717) is 39.7 Å². The van der Waals surface area contributed by atoms with Gasteiger partial charge in [0.05, 0.1) is 11.6 Å². The number of amides is 1. The number of benzene rings is 2. The molecule has 6 nitrogen and oxygen atoms in total. The zero-order valence-electron chi connectivity index (χ0n) is 17.9. The number of aryl methyl sites for hydroxylation is 2. The highest BCUT2D eigenvalue weighted by molar-refractivity contribution is 7.80. The van der Waals surface area contributed by atoms with E-state index in [1.54, 1.807) is 42.7 Å². The molecule has 0 aromatic heterocycles. The van der Waals surface area contributed by atoms with Crippen molar-refractivity contribution >= 4 is 40.8 Å². The van der Waals surface area contributed by atoms with Gasteiger partial charge in [-0.05, 0) is 79.5 Å². The highest BCUT2D eigenvalue weighted by atomic mass is 32.1. The van der Waals surface area contributed by atoms with Crippen molar-refractivity contribution < 1.29 is 4.79 Å². The van der Waals surface area contributed by atoms with Crippen LogP contribution in [0.2, 0.25) is 0 Å². The molecule has 0 bridgehead atoms. The van der Waals surface area contributed by atoms with Gasteiger partial charge in [-0.2, -0.15) is 5.26 Å². The largest absolute Gasteiger partial charge is 0.333 e. The van der Waals surface area contributed by atoms with Gasteiger partial charge in [0.1, 0.15) is 0 Å². The van der Waals surface area contributed by atoms with Gasteiger partial charge in [-0.15, -0.1) is 0 Å². The van der Waals surface area contributed by atoms with Crippen LogP contribution in [-0.4, -0.2) is 17.2 Å². The summed E-state index contributed by atoms with van der Waals surface area (Å²) >= 11 is 5.44. The third-order valence-electron chi connectivity index (χ3n) is 4.91. The number of aliphatic imine (C=N–C) groups is 1. The summed E-state index contributed by atoms with van der Waals surface area (Å²) in [6, 6.07) is 12.7. The quantitative estimate of drug-likeness (QED) is 0.559. The maximum Gasteiger partial charge on any atom is 0.255 e. The topological polar surface area (TPSA) is 89.3 Å². The first-order valence-corrected chi connectivity index (χ1v) is 10.4. The summed E-state index contributed by atoms with van der Waals surface area (Å²) < 4.78 is 0.